The lowest BCUT2D eigenvalue weighted by atomic mass is 10.2. The van der Waals surface area contributed by atoms with Crippen LogP contribution in [0.3, 0.4) is 0 Å². The summed E-state index contributed by atoms with van der Waals surface area (Å²) in [6.07, 6.45) is -0.678. The number of hydrogen-bond donors (Lipinski definition) is 1. The van der Waals surface area contributed by atoms with E-state index >= 15 is 0 Å². The van der Waals surface area contributed by atoms with E-state index in [1.165, 1.54) is 11.3 Å². The van der Waals surface area contributed by atoms with Crippen LogP contribution in [0.2, 0.25) is 0 Å². The van der Waals surface area contributed by atoms with Gasteiger partial charge in [0.25, 0.3) is 0 Å². The molecule has 0 saturated carbocycles. The fraction of sp³-hybridized carbons (Fsp3) is 0.385. The number of ether oxygens (including phenoxy) is 1. The molecule has 0 bridgehead atoms. The second-order valence-electron chi connectivity index (χ2n) is 3.30. The zero-order valence-corrected chi connectivity index (χ0v) is 11.7. The number of amides is 1. The Hall–Kier alpha value is -1.71. The third-order valence-corrected chi connectivity index (χ3v) is 1.93. The minimum atomic E-state index is -0.678. The number of nitrogens with one attached hydrogen (secondary N) is 1. The van der Waals surface area contributed by atoms with Gasteiger partial charge < -0.3 is 10.1 Å². The van der Waals surface area contributed by atoms with Gasteiger partial charge in [0.1, 0.15) is 0 Å². The summed E-state index contributed by atoms with van der Waals surface area (Å²) in [5.41, 5.74) is 2.51. The largest absolute Gasteiger partial charge is 0.448 e. The van der Waals surface area contributed by atoms with Crippen molar-refractivity contribution in [1.82, 2.24) is 0 Å². The summed E-state index contributed by atoms with van der Waals surface area (Å²) >= 11 is 4.12. The molecule has 0 aliphatic heterocycles. The van der Waals surface area contributed by atoms with Crippen LogP contribution in [0, 0.1) is 6.92 Å². The molecule has 0 aromatic heterocycles. The average Bonchev–Trinajstić information content (AvgIpc) is 2.34. The Balaban J connectivity index is 0.000000331. The number of carbonyl (C=O) groups excluding carboxylic acids is 1. The first-order valence-electron chi connectivity index (χ1n) is 5.69. The lowest BCUT2D eigenvalue weighted by molar-refractivity contribution is 0.164. The first kappa shape index (κ1) is 16.3. The molecule has 5 heteroatoms. The van der Waals surface area contributed by atoms with Crippen molar-refractivity contribution in [3.05, 3.63) is 29.8 Å². The number of hydrogen-bond acceptors (Lipinski definition) is 4. The summed E-state index contributed by atoms with van der Waals surface area (Å²) in [6.45, 7) is 7.19. The van der Waals surface area contributed by atoms with E-state index < -0.39 is 6.09 Å². The Morgan fingerprint density at radius 1 is 1.39 bits per heavy atom. The van der Waals surface area contributed by atoms with Crippen LogP contribution in [0.1, 0.15) is 19.4 Å². The number of nitrogens with zero attached hydrogens (tertiary/aromatic N) is 1. The van der Waals surface area contributed by atoms with Crippen molar-refractivity contribution in [3.8, 4) is 0 Å². The fourth-order valence-corrected chi connectivity index (χ4v) is 1.14. The minimum absolute atomic E-state index is 0.319. The van der Waals surface area contributed by atoms with Gasteiger partial charge in [0.15, 0.2) is 0 Å². The molecule has 0 fully saturated rings. The summed E-state index contributed by atoms with van der Waals surface area (Å²) in [4.78, 5) is 13.1. The highest BCUT2D eigenvalue weighted by atomic mass is 32.1. The average molecular weight is 266 g/mol. The standard InChI is InChI=1S/C9H13N.C4H5NO2S/c1-3-10-9-6-4-8(2)5-7-9;1-2-7-4(6)5-3-8/h4-7,10H,3H2,1-2H3;2H2,1H3. The van der Waals surface area contributed by atoms with E-state index in [0.717, 1.165) is 6.54 Å². The molecular weight excluding hydrogens is 248 g/mol. The van der Waals surface area contributed by atoms with Crippen LogP contribution in [0.5, 0.6) is 0 Å². The van der Waals surface area contributed by atoms with Crippen LogP contribution in [0.4, 0.5) is 10.5 Å². The third-order valence-electron chi connectivity index (χ3n) is 1.84. The van der Waals surface area contributed by atoms with Crippen molar-refractivity contribution in [2.24, 2.45) is 4.99 Å². The Bertz CT molecular complexity index is 398. The van der Waals surface area contributed by atoms with Crippen molar-refractivity contribution in [3.63, 3.8) is 0 Å². The van der Waals surface area contributed by atoms with Crippen molar-refractivity contribution in [2.75, 3.05) is 18.5 Å². The summed E-state index contributed by atoms with van der Waals surface area (Å²) in [6, 6.07) is 8.41. The minimum Gasteiger partial charge on any atom is -0.448 e. The Morgan fingerprint density at radius 2 is 2.00 bits per heavy atom. The highest BCUT2D eigenvalue weighted by Crippen LogP contribution is 2.07. The molecule has 0 aliphatic carbocycles. The normalized spacial score (nSPS) is 8.39. The van der Waals surface area contributed by atoms with E-state index in [9.17, 15) is 4.79 Å². The van der Waals surface area contributed by atoms with Gasteiger partial charge in [0, 0.05) is 12.2 Å². The SMILES string of the molecule is CCNc1ccc(C)cc1.CCOC(=O)N=C=S. The molecule has 1 amide bonds. The van der Waals surface area contributed by atoms with Crippen molar-refractivity contribution in [2.45, 2.75) is 20.8 Å². The number of benzene rings is 1. The number of aliphatic imine (C=N–C) groups is 1. The second kappa shape index (κ2) is 10.4. The summed E-state index contributed by atoms with van der Waals surface area (Å²) in [7, 11) is 0. The maximum atomic E-state index is 10.1. The summed E-state index contributed by atoms with van der Waals surface area (Å²) in [5.74, 6) is 0. The predicted molar refractivity (Wildman–Crippen MR) is 77.4 cm³/mol. The van der Waals surface area contributed by atoms with Crippen LogP contribution in [-0.4, -0.2) is 24.4 Å². The molecule has 1 aromatic rings. The number of aryl methyl sites for hydroxylation is 1. The molecule has 98 valence electrons. The van der Waals surface area contributed by atoms with Crippen molar-refractivity contribution >= 4 is 29.2 Å². The van der Waals surface area contributed by atoms with Gasteiger partial charge in [0.05, 0.1) is 11.8 Å². The smallest absolute Gasteiger partial charge is 0.442 e. The summed E-state index contributed by atoms with van der Waals surface area (Å²) in [5, 5.41) is 5.12. The fourth-order valence-electron chi connectivity index (χ4n) is 1.07. The van der Waals surface area contributed by atoms with Gasteiger partial charge in [0.2, 0.25) is 0 Å². The van der Waals surface area contributed by atoms with Gasteiger partial charge in [-0.1, -0.05) is 17.7 Å². The monoisotopic (exact) mass is 266 g/mol. The maximum Gasteiger partial charge on any atom is 0.442 e. The van der Waals surface area contributed by atoms with E-state index in [0.29, 0.717) is 6.61 Å². The van der Waals surface area contributed by atoms with E-state index in [1.807, 2.05) is 5.16 Å². The lowest BCUT2D eigenvalue weighted by Crippen LogP contribution is -1.95. The second-order valence-corrected chi connectivity index (χ2v) is 3.48. The number of carbonyl (C=O) groups is 1. The van der Waals surface area contributed by atoms with E-state index in [4.69, 9.17) is 0 Å². The molecule has 1 N–H and O–H groups in total. The van der Waals surface area contributed by atoms with Crippen LogP contribution < -0.4 is 5.32 Å². The molecule has 0 unspecified atom stereocenters. The first-order valence-corrected chi connectivity index (χ1v) is 6.10. The molecule has 0 saturated heterocycles. The van der Waals surface area contributed by atoms with Crippen LogP contribution in [0.25, 0.3) is 0 Å². The molecule has 0 aliphatic rings. The molecular formula is C13H18N2O2S. The van der Waals surface area contributed by atoms with E-state index in [1.54, 1.807) is 6.92 Å². The zero-order chi connectivity index (χ0) is 13.8. The predicted octanol–water partition coefficient (Wildman–Crippen LogP) is 3.67. The first-order chi connectivity index (χ1) is 8.63. The number of rotatable bonds is 3. The van der Waals surface area contributed by atoms with Gasteiger partial charge in [-0.3, -0.25) is 0 Å². The molecule has 0 atom stereocenters. The number of thiocarbonyl (C=S) groups is 1. The van der Waals surface area contributed by atoms with Crippen LogP contribution in [-0.2, 0) is 4.74 Å². The molecule has 18 heavy (non-hydrogen) atoms. The van der Waals surface area contributed by atoms with Crippen LogP contribution >= 0.6 is 12.2 Å². The van der Waals surface area contributed by atoms with Crippen LogP contribution in [0.15, 0.2) is 29.3 Å². The molecule has 0 spiro atoms. The van der Waals surface area contributed by atoms with Gasteiger partial charge in [-0.2, -0.15) is 0 Å². The van der Waals surface area contributed by atoms with Gasteiger partial charge in [-0.05, 0) is 45.1 Å². The van der Waals surface area contributed by atoms with Gasteiger partial charge in [-0.15, -0.1) is 4.99 Å². The van der Waals surface area contributed by atoms with Gasteiger partial charge >= 0.3 is 6.09 Å². The van der Waals surface area contributed by atoms with E-state index in [2.05, 4.69) is 65.4 Å². The van der Waals surface area contributed by atoms with Gasteiger partial charge in [-0.25, -0.2) is 4.79 Å². The summed E-state index contributed by atoms with van der Waals surface area (Å²) < 4.78 is 4.35. The molecule has 0 radical (unpaired) electrons. The van der Waals surface area contributed by atoms with Crippen molar-refractivity contribution < 1.29 is 9.53 Å². The Kier molecular flexibility index (Phi) is 9.45. The van der Waals surface area contributed by atoms with E-state index in [-0.39, 0.29) is 0 Å². The maximum absolute atomic E-state index is 10.1. The molecule has 4 nitrogen and oxygen atoms in total. The van der Waals surface area contributed by atoms with Crippen molar-refractivity contribution in [1.29, 1.82) is 0 Å². The number of anilines is 1. The highest BCUT2D eigenvalue weighted by molar-refractivity contribution is 7.78. The molecule has 1 rings (SSSR count). The third kappa shape index (κ3) is 8.44. The number of isothiocyanates is 1. The lowest BCUT2D eigenvalue weighted by Gasteiger charge is -2.01. The Labute approximate surface area is 113 Å². The molecule has 0 heterocycles. The zero-order valence-electron chi connectivity index (χ0n) is 10.9. The highest BCUT2D eigenvalue weighted by Gasteiger charge is 1.90. The molecule has 1 aromatic carbocycles. The quantitative estimate of drug-likeness (QED) is 0.670. The Morgan fingerprint density at radius 3 is 2.44 bits per heavy atom. The topological polar surface area (TPSA) is 50.7 Å².